The van der Waals surface area contributed by atoms with Crippen molar-refractivity contribution in [2.24, 2.45) is 0 Å². The minimum atomic E-state index is -1.12. The molecule has 0 aliphatic carbocycles. The zero-order valence-corrected chi connectivity index (χ0v) is 18.2. The quantitative estimate of drug-likeness (QED) is 0.424. The third kappa shape index (κ3) is 3.29. The Hall–Kier alpha value is -3.35. The lowest BCUT2D eigenvalue weighted by Crippen LogP contribution is -2.44. The van der Waals surface area contributed by atoms with Gasteiger partial charge in [-0.3, -0.25) is 4.79 Å². The molecule has 3 aliphatic heterocycles. The highest BCUT2D eigenvalue weighted by atomic mass is 17.2. The van der Waals surface area contributed by atoms with Crippen LogP contribution in [0.5, 0.6) is 11.5 Å². The van der Waals surface area contributed by atoms with Gasteiger partial charge in [0.15, 0.2) is 17.8 Å². The lowest BCUT2D eigenvalue weighted by molar-refractivity contribution is -0.312. The van der Waals surface area contributed by atoms with Gasteiger partial charge in [-0.2, -0.15) is 0 Å². The minimum Gasteiger partial charge on any atom is -0.440 e. The molecule has 0 atom stereocenters. The second kappa shape index (κ2) is 7.90. The van der Waals surface area contributed by atoms with E-state index in [9.17, 15) is 4.79 Å². The smallest absolute Gasteiger partial charge is 0.305 e. The number of piperidine rings is 1. The molecule has 0 N–H and O–H groups in total. The van der Waals surface area contributed by atoms with Crippen molar-refractivity contribution in [3.8, 4) is 11.5 Å². The molecule has 0 aromatic heterocycles. The van der Waals surface area contributed by atoms with E-state index in [1.165, 1.54) is 0 Å². The molecule has 0 amide bonds. The topological polar surface area (TPSA) is 57.2 Å². The van der Waals surface area contributed by atoms with E-state index < -0.39 is 5.79 Å². The second-order valence-corrected chi connectivity index (χ2v) is 8.83. The van der Waals surface area contributed by atoms with Crippen molar-refractivity contribution in [2.75, 3.05) is 24.6 Å². The predicted molar refractivity (Wildman–Crippen MR) is 123 cm³/mol. The third-order valence-electron chi connectivity index (χ3n) is 6.93. The van der Waals surface area contributed by atoms with E-state index in [0.29, 0.717) is 23.7 Å². The van der Waals surface area contributed by atoms with Crippen molar-refractivity contribution in [1.82, 2.24) is 0 Å². The van der Waals surface area contributed by atoms with Crippen LogP contribution in [0.4, 0.5) is 5.69 Å². The molecule has 6 rings (SSSR count). The van der Waals surface area contributed by atoms with Gasteiger partial charge in [-0.25, -0.2) is 9.78 Å². The molecule has 0 saturated carbocycles. The average Bonchev–Trinajstić information content (AvgIpc) is 3.51. The Balaban J connectivity index is 1.42. The van der Waals surface area contributed by atoms with E-state index in [1.807, 2.05) is 72.8 Å². The van der Waals surface area contributed by atoms with Crippen molar-refractivity contribution < 1.29 is 24.0 Å². The van der Waals surface area contributed by atoms with E-state index in [2.05, 4.69) is 4.90 Å². The number of ether oxygens (including phenoxy) is 2. The molecule has 3 heterocycles. The van der Waals surface area contributed by atoms with Gasteiger partial charge in [-0.05, 0) is 25.0 Å². The molecular formula is C27H25NO5. The lowest BCUT2D eigenvalue weighted by atomic mass is 9.88. The van der Waals surface area contributed by atoms with Gasteiger partial charge in [0, 0.05) is 36.2 Å². The number of fused-ring (bicyclic) bond motifs is 1. The normalized spacial score (nSPS) is 20.2. The molecule has 3 aliphatic rings. The van der Waals surface area contributed by atoms with Crippen molar-refractivity contribution in [1.29, 1.82) is 0 Å². The van der Waals surface area contributed by atoms with Crippen LogP contribution in [0, 0.1) is 0 Å². The van der Waals surface area contributed by atoms with Crippen LogP contribution in [-0.4, -0.2) is 31.6 Å². The monoisotopic (exact) mass is 443 g/mol. The largest absolute Gasteiger partial charge is 0.440 e. The zero-order valence-electron chi connectivity index (χ0n) is 18.2. The predicted octanol–water partition coefficient (Wildman–Crippen LogP) is 4.86. The minimum absolute atomic E-state index is 0.217. The van der Waals surface area contributed by atoms with Crippen LogP contribution >= 0.6 is 0 Å². The van der Waals surface area contributed by atoms with Gasteiger partial charge in [0.1, 0.15) is 5.60 Å². The van der Waals surface area contributed by atoms with Gasteiger partial charge in [0.25, 0.3) is 0 Å². The Morgan fingerprint density at radius 1 is 0.788 bits per heavy atom. The number of carbonyl (C=O) groups is 1. The third-order valence-corrected chi connectivity index (χ3v) is 6.93. The molecule has 3 aromatic rings. The standard InChI is InChI=1S/C27H25NO5/c29-19-20-11-12-23-25(24(20)28-16-13-26(14-17-28)15-18-30-33-26)32-27(31-23,21-7-3-1-4-8-21)22-9-5-2-6-10-22/h1-12,19H,13-18H2. The van der Waals surface area contributed by atoms with Gasteiger partial charge >= 0.3 is 5.79 Å². The summed E-state index contributed by atoms with van der Waals surface area (Å²) in [6, 6.07) is 23.5. The molecule has 2 fully saturated rings. The van der Waals surface area contributed by atoms with Crippen molar-refractivity contribution in [3.05, 3.63) is 89.5 Å². The number of hydrogen-bond acceptors (Lipinski definition) is 6. The number of hydrogen-bond donors (Lipinski definition) is 0. The van der Waals surface area contributed by atoms with Crippen LogP contribution in [0.25, 0.3) is 0 Å². The highest BCUT2D eigenvalue weighted by Gasteiger charge is 2.48. The fourth-order valence-electron chi connectivity index (χ4n) is 5.11. The van der Waals surface area contributed by atoms with Crippen molar-refractivity contribution in [2.45, 2.75) is 30.7 Å². The average molecular weight is 443 g/mol. The second-order valence-electron chi connectivity index (χ2n) is 8.83. The summed E-state index contributed by atoms with van der Waals surface area (Å²) in [4.78, 5) is 25.1. The van der Waals surface area contributed by atoms with Gasteiger partial charge in [-0.1, -0.05) is 60.7 Å². The summed E-state index contributed by atoms with van der Waals surface area (Å²) in [5.41, 5.74) is 2.93. The Bertz CT molecular complexity index is 1110. The number of rotatable bonds is 4. The van der Waals surface area contributed by atoms with Crippen LogP contribution in [0.1, 0.15) is 40.7 Å². The van der Waals surface area contributed by atoms with E-state index in [1.54, 1.807) is 0 Å². The highest BCUT2D eigenvalue weighted by molar-refractivity contribution is 5.89. The summed E-state index contributed by atoms with van der Waals surface area (Å²) in [5, 5.41) is 0. The van der Waals surface area contributed by atoms with E-state index in [-0.39, 0.29) is 5.60 Å². The van der Waals surface area contributed by atoms with Crippen molar-refractivity contribution >= 4 is 12.0 Å². The summed E-state index contributed by atoms with van der Waals surface area (Å²) < 4.78 is 13.3. The fraction of sp³-hybridized carbons (Fsp3) is 0.296. The first-order chi connectivity index (χ1) is 16.2. The fourth-order valence-corrected chi connectivity index (χ4v) is 5.11. The molecule has 1 spiro atoms. The molecule has 6 heteroatoms. The van der Waals surface area contributed by atoms with Crippen molar-refractivity contribution in [3.63, 3.8) is 0 Å². The summed E-state index contributed by atoms with van der Waals surface area (Å²) in [6.45, 7) is 2.12. The molecule has 6 nitrogen and oxygen atoms in total. The first-order valence-corrected chi connectivity index (χ1v) is 11.4. The number of nitrogens with zero attached hydrogens (tertiary/aromatic N) is 1. The van der Waals surface area contributed by atoms with Gasteiger partial charge in [0.2, 0.25) is 0 Å². The molecule has 3 aromatic carbocycles. The summed E-state index contributed by atoms with van der Waals surface area (Å²) in [5.74, 6) is 0.108. The Morgan fingerprint density at radius 3 is 2.03 bits per heavy atom. The Kier molecular flexibility index (Phi) is 4.85. The Labute approximate surface area is 192 Å². The zero-order chi connectivity index (χ0) is 22.3. The molecule has 0 unspecified atom stereocenters. The molecule has 0 bridgehead atoms. The van der Waals surface area contributed by atoms with Crippen LogP contribution in [0.2, 0.25) is 0 Å². The first kappa shape index (κ1) is 20.3. The number of aldehydes is 1. The maximum absolute atomic E-state index is 12.1. The molecule has 0 radical (unpaired) electrons. The van der Waals surface area contributed by atoms with Gasteiger partial charge < -0.3 is 14.4 Å². The number of carbonyl (C=O) groups excluding carboxylic acids is 1. The molecular weight excluding hydrogens is 418 g/mol. The maximum Gasteiger partial charge on any atom is 0.305 e. The van der Waals surface area contributed by atoms with Gasteiger partial charge in [-0.15, -0.1) is 0 Å². The lowest BCUT2D eigenvalue weighted by Gasteiger charge is -2.38. The number of anilines is 1. The Morgan fingerprint density at radius 2 is 1.45 bits per heavy atom. The van der Waals surface area contributed by atoms with E-state index in [0.717, 1.165) is 55.5 Å². The van der Waals surface area contributed by atoms with E-state index >= 15 is 0 Å². The maximum atomic E-state index is 12.1. The summed E-state index contributed by atoms with van der Waals surface area (Å²) in [6.07, 6.45) is 3.46. The SMILES string of the molecule is O=Cc1ccc2c(c1N1CCC3(CCOO3)CC1)OC(c1ccccc1)(c1ccccc1)O2. The highest BCUT2D eigenvalue weighted by Crippen LogP contribution is 2.53. The molecule has 168 valence electrons. The van der Waals surface area contributed by atoms with Gasteiger partial charge in [0.05, 0.1) is 12.3 Å². The molecule has 33 heavy (non-hydrogen) atoms. The van der Waals surface area contributed by atoms with Crippen LogP contribution in [-0.2, 0) is 15.6 Å². The summed E-state index contributed by atoms with van der Waals surface area (Å²) in [7, 11) is 0. The first-order valence-electron chi connectivity index (χ1n) is 11.4. The van der Waals surface area contributed by atoms with Crippen LogP contribution in [0.15, 0.2) is 72.8 Å². The molecule has 2 saturated heterocycles. The van der Waals surface area contributed by atoms with E-state index in [4.69, 9.17) is 19.2 Å². The van der Waals surface area contributed by atoms with Crippen LogP contribution < -0.4 is 14.4 Å². The van der Waals surface area contributed by atoms with Crippen LogP contribution in [0.3, 0.4) is 0 Å². The summed E-state index contributed by atoms with van der Waals surface area (Å²) >= 11 is 0. The number of benzene rings is 3.